The summed E-state index contributed by atoms with van der Waals surface area (Å²) in [6.45, 7) is 0. The summed E-state index contributed by atoms with van der Waals surface area (Å²) in [6, 6.07) is 52.5. The van der Waals surface area contributed by atoms with E-state index in [9.17, 15) is 0 Å². The second-order valence-electron chi connectivity index (χ2n) is 14.3. The SMILES string of the molecule is C1=CC2C3=C(C=CCC3)C3(c4ccccc4Oc4cc5c(cc43)c3ccccc3n5-c3ccc(N(c4ccccc4)c4ccccc4)cc3)C2C=C1. The van der Waals surface area contributed by atoms with Crippen molar-refractivity contribution in [3.8, 4) is 17.2 Å². The molecule has 3 heteroatoms. The second kappa shape index (κ2) is 11.3. The molecule has 0 fully saturated rings. The quantitative estimate of drug-likeness (QED) is 0.186. The number of ether oxygens (including phenoxy) is 1. The van der Waals surface area contributed by atoms with E-state index in [1.807, 2.05) is 0 Å². The molecule has 0 saturated heterocycles. The normalized spacial score (nSPS) is 20.8. The molecule has 1 aromatic heterocycles. The lowest BCUT2D eigenvalue weighted by Gasteiger charge is -2.44. The molecule has 52 heavy (non-hydrogen) atoms. The second-order valence-corrected chi connectivity index (χ2v) is 14.3. The fraction of sp³-hybridized carbons (Fsp3) is 0.102. The van der Waals surface area contributed by atoms with Crippen molar-refractivity contribution in [3.63, 3.8) is 0 Å². The third-order valence-corrected chi connectivity index (χ3v) is 11.8. The van der Waals surface area contributed by atoms with Crippen LogP contribution in [0, 0.1) is 11.8 Å². The van der Waals surface area contributed by atoms with Crippen molar-refractivity contribution >= 4 is 38.9 Å². The van der Waals surface area contributed by atoms with Crippen LogP contribution < -0.4 is 9.64 Å². The summed E-state index contributed by atoms with van der Waals surface area (Å²) in [5, 5.41) is 2.49. The molecule has 0 bridgehead atoms. The molecular formula is C49H36N2O. The molecule has 2 heterocycles. The average molecular weight is 669 g/mol. The zero-order valence-corrected chi connectivity index (χ0v) is 28.7. The van der Waals surface area contributed by atoms with Crippen LogP contribution in [0.1, 0.15) is 24.0 Å². The van der Waals surface area contributed by atoms with Crippen molar-refractivity contribution in [3.05, 3.63) is 204 Å². The highest BCUT2D eigenvalue weighted by Crippen LogP contribution is 2.65. The third-order valence-electron chi connectivity index (χ3n) is 11.8. The van der Waals surface area contributed by atoms with Crippen LogP contribution in [-0.2, 0) is 5.41 Å². The molecule has 248 valence electrons. The van der Waals surface area contributed by atoms with Gasteiger partial charge in [0, 0.05) is 62.6 Å². The lowest BCUT2D eigenvalue weighted by atomic mass is 9.60. The summed E-state index contributed by atoms with van der Waals surface area (Å²) in [4.78, 5) is 2.31. The number of benzene rings is 6. The van der Waals surface area contributed by atoms with Crippen LogP contribution in [0.25, 0.3) is 27.5 Å². The molecule has 4 aliphatic rings. The van der Waals surface area contributed by atoms with Gasteiger partial charge in [0.2, 0.25) is 0 Å². The molecule has 1 aliphatic heterocycles. The van der Waals surface area contributed by atoms with Gasteiger partial charge < -0.3 is 14.2 Å². The van der Waals surface area contributed by atoms with Gasteiger partial charge in [-0.05, 0) is 85.1 Å². The zero-order chi connectivity index (χ0) is 34.2. The van der Waals surface area contributed by atoms with Gasteiger partial charge in [0.15, 0.2) is 0 Å². The Kier molecular flexibility index (Phi) is 6.42. The topological polar surface area (TPSA) is 17.4 Å². The highest BCUT2D eigenvalue weighted by Gasteiger charge is 2.57. The monoisotopic (exact) mass is 668 g/mol. The Morgan fingerprint density at radius 3 is 2.10 bits per heavy atom. The molecule has 3 unspecified atom stereocenters. The van der Waals surface area contributed by atoms with E-state index in [1.54, 1.807) is 5.57 Å². The summed E-state index contributed by atoms with van der Waals surface area (Å²) >= 11 is 0. The maximum atomic E-state index is 6.96. The number of rotatable bonds is 4. The van der Waals surface area contributed by atoms with E-state index >= 15 is 0 Å². The van der Waals surface area contributed by atoms with E-state index < -0.39 is 0 Å². The van der Waals surface area contributed by atoms with Gasteiger partial charge in [0.25, 0.3) is 0 Å². The Labute approximate surface area is 303 Å². The standard InChI is InChI=1S/C49H36N2O/c1-3-15-33(16-4-1)50(34-17-5-2-6-18-34)35-27-29-36(30-28-35)51-45-25-13-9-21-39(45)40-31-44-48(32-46(40)51)52-47-26-14-12-24-43(47)49(44)41-22-10-7-19-37(41)38-20-8-11-23-42(38)49/h1-7,9-19,21-32,37,41H,8,20H2. The first-order chi connectivity index (χ1) is 25.8. The van der Waals surface area contributed by atoms with Gasteiger partial charge in [0.1, 0.15) is 11.5 Å². The van der Waals surface area contributed by atoms with Crippen LogP contribution >= 0.6 is 0 Å². The Bertz CT molecular complexity index is 2620. The van der Waals surface area contributed by atoms with Crippen molar-refractivity contribution in [2.24, 2.45) is 11.8 Å². The predicted octanol–water partition coefficient (Wildman–Crippen LogP) is 12.7. The molecule has 0 radical (unpaired) electrons. The molecule has 6 aromatic carbocycles. The summed E-state index contributed by atoms with van der Waals surface area (Å²) in [5.41, 5.74) is 12.1. The summed E-state index contributed by atoms with van der Waals surface area (Å²) in [5.74, 6) is 2.56. The molecule has 1 spiro atoms. The number of para-hydroxylation sites is 4. The Morgan fingerprint density at radius 1 is 0.596 bits per heavy atom. The maximum absolute atomic E-state index is 6.96. The number of aromatic nitrogens is 1. The van der Waals surface area contributed by atoms with Crippen molar-refractivity contribution in [1.82, 2.24) is 4.57 Å². The molecule has 0 saturated carbocycles. The molecular weight excluding hydrogens is 633 g/mol. The largest absolute Gasteiger partial charge is 0.457 e. The molecule has 0 N–H and O–H groups in total. The van der Waals surface area contributed by atoms with E-state index in [0.29, 0.717) is 5.92 Å². The highest BCUT2D eigenvalue weighted by atomic mass is 16.5. The van der Waals surface area contributed by atoms with Crippen molar-refractivity contribution in [2.75, 3.05) is 4.90 Å². The minimum Gasteiger partial charge on any atom is -0.457 e. The molecule has 11 rings (SSSR count). The van der Waals surface area contributed by atoms with Gasteiger partial charge in [-0.15, -0.1) is 0 Å². The number of allylic oxidation sites excluding steroid dienone is 8. The fourth-order valence-electron chi connectivity index (χ4n) is 9.76. The van der Waals surface area contributed by atoms with Gasteiger partial charge in [-0.25, -0.2) is 0 Å². The third kappa shape index (κ3) is 4.08. The van der Waals surface area contributed by atoms with Gasteiger partial charge >= 0.3 is 0 Å². The first-order valence-corrected chi connectivity index (χ1v) is 18.4. The van der Waals surface area contributed by atoms with E-state index in [-0.39, 0.29) is 11.3 Å². The van der Waals surface area contributed by atoms with E-state index in [1.165, 1.54) is 33.0 Å². The predicted molar refractivity (Wildman–Crippen MR) is 213 cm³/mol. The Morgan fingerprint density at radius 2 is 1.29 bits per heavy atom. The lowest BCUT2D eigenvalue weighted by molar-refractivity contribution is 0.360. The van der Waals surface area contributed by atoms with Gasteiger partial charge in [-0.1, -0.05) is 115 Å². The van der Waals surface area contributed by atoms with Gasteiger partial charge in [-0.2, -0.15) is 0 Å². The number of hydrogen-bond donors (Lipinski definition) is 0. The Hall–Kier alpha value is -6.32. The first-order valence-electron chi connectivity index (χ1n) is 18.4. The van der Waals surface area contributed by atoms with E-state index in [4.69, 9.17) is 4.74 Å². The number of nitrogens with zero attached hydrogens (tertiary/aromatic N) is 2. The zero-order valence-electron chi connectivity index (χ0n) is 28.7. The summed E-state index contributed by atoms with van der Waals surface area (Å²) in [6.07, 6.45) is 16.4. The van der Waals surface area contributed by atoms with Crippen molar-refractivity contribution in [1.29, 1.82) is 0 Å². The van der Waals surface area contributed by atoms with Crippen LogP contribution in [-0.4, -0.2) is 4.57 Å². The van der Waals surface area contributed by atoms with Crippen molar-refractivity contribution in [2.45, 2.75) is 18.3 Å². The fourth-order valence-corrected chi connectivity index (χ4v) is 9.76. The molecule has 7 aromatic rings. The minimum absolute atomic E-state index is 0.282. The summed E-state index contributed by atoms with van der Waals surface area (Å²) in [7, 11) is 0. The maximum Gasteiger partial charge on any atom is 0.134 e. The molecule has 3 aliphatic carbocycles. The van der Waals surface area contributed by atoms with Crippen LogP contribution in [0.3, 0.4) is 0 Å². The van der Waals surface area contributed by atoms with Gasteiger partial charge in [0.05, 0.1) is 16.4 Å². The Balaban J connectivity index is 1.13. The molecule has 3 atom stereocenters. The van der Waals surface area contributed by atoms with Gasteiger partial charge in [-0.3, -0.25) is 0 Å². The van der Waals surface area contributed by atoms with Crippen molar-refractivity contribution < 1.29 is 4.74 Å². The minimum atomic E-state index is -0.334. The van der Waals surface area contributed by atoms with Crippen LogP contribution in [0.4, 0.5) is 17.1 Å². The van der Waals surface area contributed by atoms with Crippen LogP contribution in [0.5, 0.6) is 11.5 Å². The van der Waals surface area contributed by atoms with Crippen LogP contribution in [0.2, 0.25) is 0 Å². The summed E-state index contributed by atoms with van der Waals surface area (Å²) < 4.78 is 9.37. The lowest BCUT2D eigenvalue weighted by Crippen LogP contribution is -2.39. The molecule has 0 amide bonds. The smallest absolute Gasteiger partial charge is 0.134 e. The van der Waals surface area contributed by atoms with Crippen LogP contribution in [0.15, 0.2) is 193 Å². The van der Waals surface area contributed by atoms with E-state index in [2.05, 4.69) is 192 Å². The number of hydrogen-bond acceptors (Lipinski definition) is 2. The average Bonchev–Trinajstić information content (AvgIpc) is 3.69. The first kappa shape index (κ1) is 29.4. The van der Waals surface area contributed by atoms with E-state index in [0.717, 1.165) is 52.6 Å². The molecule has 3 nitrogen and oxygen atoms in total. The number of fused-ring (bicyclic) bond motifs is 11. The highest BCUT2D eigenvalue weighted by molar-refractivity contribution is 6.10. The number of anilines is 3.